The molecule has 0 aliphatic rings. The van der Waals surface area contributed by atoms with Crippen LogP contribution in [-0.4, -0.2) is 16.0 Å². The van der Waals surface area contributed by atoms with Crippen molar-refractivity contribution in [2.24, 2.45) is 0 Å². The molecule has 0 radical (unpaired) electrons. The molecule has 1 N–H and O–H groups in total. The number of nitrogens with one attached hydrogen (secondary N) is 1. The molecule has 0 saturated heterocycles. The third-order valence-electron chi connectivity index (χ3n) is 2.29. The van der Waals surface area contributed by atoms with Gasteiger partial charge in [-0.2, -0.15) is 0 Å². The minimum absolute atomic E-state index is 0.182. The van der Waals surface area contributed by atoms with Gasteiger partial charge in [-0.3, -0.25) is 9.97 Å². The molecule has 0 aromatic carbocycles. The van der Waals surface area contributed by atoms with E-state index in [1.165, 1.54) is 0 Å². The fourth-order valence-corrected chi connectivity index (χ4v) is 1.58. The number of nitrogens with zero attached hydrogens (tertiary/aromatic N) is 2. The lowest BCUT2D eigenvalue weighted by atomic mass is 10.1. The summed E-state index contributed by atoms with van der Waals surface area (Å²) in [5.74, 6) is 2.64. The zero-order chi connectivity index (χ0) is 11.3. The Hall–Kier alpha value is -1.40. The number of hydrogen-bond donors (Lipinski definition) is 1. The molecule has 0 amide bonds. The first-order valence-corrected chi connectivity index (χ1v) is 5.12. The van der Waals surface area contributed by atoms with Gasteiger partial charge in [0, 0.05) is 30.9 Å². The van der Waals surface area contributed by atoms with Gasteiger partial charge in [0.15, 0.2) is 0 Å². The molecule has 0 fully saturated rings. The summed E-state index contributed by atoms with van der Waals surface area (Å²) in [5, 5.41) is 3.39. The molecule has 0 aliphatic heterocycles. The smallest absolute Gasteiger partial charge is 0.0782 e. The van der Waals surface area contributed by atoms with Crippen molar-refractivity contribution in [1.82, 2.24) is 15.3 Å². The molecule has 2 atom stereocenters. The Kier molecular flexibility index (Phi) is 4.26. The van der Waals surface area contributed by atoms with Gasteiger partial charge in [-0.25, -0.2) is 0 Å². The van der Waals surface area contributed by atoms with Crippen LogP contribution in [0.2, 0.25) is 0 Å². The van der Waals surface area contributed by atoms with Gasteiger partial charge in [0.25, 0.3) is 0 Å². The van der Waals surface area contributed by atoms with Gasteiger partial charge in [0.2, 0.25) is 0 Å². The molecule has 0 spiro atoms. The summed E-state index contributed by atoms with van der Waals surface area (Å²) in [4.78, 5) is 8.53. The third-order valence-corrected chi connectivity index (χ3v) is 2.29. The van der Waals surface area contributed by atoms with Crippen molar-refractivity contribution >= 4 is 0 Å². The van der Waals surface area contributed by atoms with E-state index in [4.69, 9.17) is 6.42 Å². The lowest BCUT2D eigenvalue weighted by Crippen LogP contribution is -2.29. The fourth-order valence-electron chi connectivity index (χ4n) is 1.58. The molecule has 80 valence electrons. The molecule has 0 bridgehead atoms. The minimum atomic E-state index is 0.182. The van der Waals surface area contributed by atoms with E-state index in [0.717, 1.165) is 17.8 Å². The average Bonchev–Trinajstić information content (AvgIpc) is 2.18. The second kappa shape index (κ2) is 5.47. The van der Waals surface area contributed by atoms with Crippen LogP contribution < -0.4 is 5.32 Å². The topological polar surface area (TPSA) is 37.8 Å². The number of aromatic nitrogens is 2. The van der Waals surface area contributed by atoms with Crippen LogP contribution in [0, 0.1) is 19.3 Å². The van der Waals surface area contributed by atoms with E-state index in [9.17, 15) is 0 Å². The molecule has 2 unspecified atom stereocenters. The first-order chi connectivity index (χ1) is 7.15. The second-order valence-corrected chi connectivity index (χ2v) is 3.72. The van der Waals surface area contributed by atoms with Crippen molar-refractivity contribution in [2.45, 2.75) is 39.3 Å². The van der Waals surface area contributed by atoms with E-state index < -0.39 is 0 Å². The van der Waals surface area contributed by atoms with Crippen LogP contribution in [-0.2, 0) is 0 Å². The van der Waals surface area contributed by atoms with E-state index in [0.29, 0.717) is 6.04 Å². The quantitative estimate of drug-likeness (QED) is 0.759. The molecular formula is C12H17N3. The first kappa shape index (κ1) is 11.7. The van der Waals surface area contributed by atoms with Crippen molar-refractivity contribution < 1.29 is 0 Å². The Morgan fingerprint density at radius 2 is 2.07 bits per heavy atom. The van der Waals surface area contributed by atoms with E-state index in [1.54, 1.807) is 12.4 Å². The number of rotatable bonds is 4. The van der Waals surface area contributed by atoms with Crippen LogP contribution in [0.5, 0.6) is 0 Å². The Bertz CT molecular complexity index is 354. The highest BCUT2D eigenvalue weighted by Crippen LogP contribution is 2.12. The van der Waals surface area contributed by atoms with Crippen molar-refractivity contribution in [3.8, 4) is 12.3 Å². The number of terminal acetylenes is 1. The number of hydrogen-bond acceptors (Lipinski definition) is 3. The zero-order valence-electron chi connectivity index (χ0n) is 9.49. The van der Waals surface area contributed by atoms with Crippen LogP contribution in [0.4, 0.5) is 0 Å². The van der Waals surface area contributed by atoms with Gasteiger partial charge >= 0.3 is 0 Å². The van der Waals surface area contributed by atoms with Crippen LogP contribution in [0.25, 0.3) is 0 Å². The molecule has 1 aromatic rings. The van der Waals surface area contributed by atoms with E-state index >= 15 is 0 Å². The molecular weight excluding hydrogens is 186 g/mol. The van der Waals surface area contributed by atoms with Crippen molar-refractivity contribution in [3.05, 3.63) is 23.8 Å². The summed E-state index contributed by atoms with van der Waals surface area (Å²) in [6.45, 7) is 6.11. The van der Waals surface area contributed by atoms with E-state index in [1.807, 2.05) is 6.92 Å². The Morgan fingerprint density at radius 1 is 1.40 bits per heavy atom. The van der Waals surface area contributed by atoms with Crippen molar-refractivity contribution in [1.29, 1.82) is 0 Å². The van der Waals surface area contributed by atoms with Crippen LogP contribution in [0.3, 0.4) is 0 Å². The zero-order valence-corrected chi connectivity index (χ0v) is 9.49. The normalized spacial score (nSPS) is 14.3. The molecule has 0 aliphatic carbocycles. The number of aryl methyl sites for hydroxylation is 1. The maximum absolute atomic E-state index is 5.26. The van der Waals surface area contributed by atoms with Gasteiger partial charge in [0.1, 0.15) is 0 Å². The fraction of sp³-hybridized carbons (Fsp3) is 0.500. The molecule has 0 saturated carbocycles. The minimum Gasteiger partial charge on any atom is -0.305 e. The van der Waals surface area contributed by atoms with Crippen LogP contribution >= 0.6 is 0 Å². The highest BCUT2D eigenvalue weighted by Gasteiger charge is 2.12. The second-order valence-electron chi connectivity index (χ2n) is 3.72. The monoisotopic (exact) mass is 203 g/mol. The summed E-state index contributed by atoms with van der Waals surface area (Å²) in [6.07, 6.45) is 9.40. The maximum atomic E-state index is 5.26. The highest BCUT2D eigenvalue weighted by molar-refractivity contribution is 5.12. The van der Waals surface area contributed by atoms with Gasteiger partial charge < -0.3 is 5.32 Å². The van der Waals surface area contributed by atoms with E-state index in [2.05, 4.69) is 35.1 Å². The van der Waals surface area contributed by atoms with Crippen molar-refractivity contribution in [3.63, 3.8) is 0 Å². The Balaban J connectivity index is 2.66. The molecule has 1 rings (SSSR count). The molecule has 15 heavy (non-hydrogen) atoms. The largest absolute Gasteiger partial charge is 0.305 e. The molecule has 3 nitrogen and oxygen atoms in total. The molecule has 1 aromatic heterocycles. The standard InChI is InChI=1S/C12H17N3/c1-5-6-9(2)15-11(4)12-10(3)13-7-8-14-12/h1,7-9,11,15H,6H2,2-4H3. The predicted octanol–water partition coefficient (Wildman–Crippen LogP) is 1.85. The molecule has 3 heteroatoms. The highest BCUT2D eigenvalue weighted by atomic mass is 15.0. The summed E-state index contributed by atoms with van der Waals surface area (Å²) in [5.41, 5.74) is 1.95. The van der Waals surface area contributed by atoms with Crippen LogP contribution in [0.1, 0.15) is 37.7 Å². The summed E-state index contributed by atoms with van der Waals surface area (Å²) < 4.78 is 0. The first-order valence-electron chi connectivity index (χ1n) is 5.12. The van der Waals surface area contributed by atoms with Gasteiger partial charge in [0.05, 0.1) is 11.4 Å². The Morgan fingerprint density at radius 3 is 2.67 bits per heavy atom. The average molecular weight is 203 g/mol. The van der Waals surface area contributed by atoms with Crippen LogP contribution in [0.15, 0.2) is 12.4 Å². The SMILES string of the molecule is C#CCC(C)NC(C)c1nccnc1C. The van der Waals surface area contributed by atoms with Gasteiger partial charge in [-0.05, 0) is 20.8 Å². The lowest BCUT2D eigenvalue weighted by Gasteiger charge is -2.18. The van der Waals surface area contributed by atoms with Gasteiger partial charge in [-0.15, -0.1) is 12.3 Å². The summed E-state index contributed by atoms with van der Waals surface area (Å²) in [7, 11) is 0. The predicted molar refractivity (Wildman–Crippen MR) is 61.2 cm³/mol. The van der Waals surface area contributed by atoms with E-state index in [-0.39, 0.29) is 6.04 Å². The summed E-state index contributed by atoms with van der Waals surface area (Å²) in [6, 6.07) is 0.480. The third kappa shape index (κ3) is 3.34. The Labute approximate surface area is 91.3 Å². The summed E-state index contributed by atoms with van der Waals surface area (Å²) >= 11 is 0. The lowest BCUT2D eigenvalue weighted by molar-refractivity contribution is 0.475. The van der Waals surface area contributed by atoms with Gasteiger partial charge in [-0.1, -0.05) is 0 Å². The van der Waals surface area contributed by atoms with Crippen molar-refractivity contribution in [2.75, 3.05) is 0 Å². The molecule has 1 heterocycles. The maximum Gasteiger partial charge on any atom is 0.0782 e.